The summed E-state index contributed by atoms with van der Waals surface area (Å²) in [5, 5.41) is 3.24. The lowest BCUT2D eigenvalue weighted by Crippen LogP contribution is -2.28. The van der Waals surface area contributed by atoms with E-state index >= 15 is 0 Å². The molecule has 0 saturated carbocycles. The van der Waals surface area contributed by atoms with Crippen LogP contribution < -0.4 is 5.32 Å². The Morgan fingerprint density at radius 1 is 1.00 bits per heavy atom. The highest BCUT2D eigenvalue weighted by Gasteiger charge is 2.37. The van der Waals surface area contributed by atoms with Gasteiger partial charge in [-0.1, -0.05) is 39.0 Å². The van der Waals surface area contributed by atoms with Crippen molar-refractivity contribution in [3.8, 4) is 0 Å². The van der Waals surface area contributed by atoms with E-state index in [1.165, 1.54) is 6.07 Å². The zero-order chi connectivity index (χ0) is 14.5. The largest absolute Gasteiger partial charge is 0.416 e. The van der Waals surface area contributed by atoms with Crippen LogP contribution in [-0.4, -0.2) is 13.1 Å². The SMILES string of the molecule is CCCNCCC(C)(C)c1ccccc1C(F)(F)F. The molecule has 0 atom stereocenters. The fourth-order valence-electron chi connectivity index (χ4n) is 2.16. The number of halogens is 3. The molecule has 4 heteroatoms. The minimum atomic E-state index is -4.29. The summed E-state index contributed by atoms with van der Waals surface area (Å²) < 4.78 is 39.0. The van der Waals surface area contributed by atoms with Crippen LogP contribution in [0.3, 0.4) is 0 Å². The minimum Gasteiger partial charge on any atom is -0.317 e. The first-order valence-corrected chi connectivity index (χ1v) is 6.66. The molecule has 1 aromatic rings. The highest BCUT2D eigenvalue weighted by molar-refractivity contribution is 5.35. The molecule has 0 amide bonds. The maximum Gasteiger partial charge on any atom is 0.416 e. The Labute approximate surface area is 113 Å². The van der Waals surface area contributed by atoms with Gasteiger partial charge in [0.05, 0.1) is 5.56 Å². The van der Waals surface area contributed by atoms with Gasteiger partial charge in [0, 0.05) is 0 Å². The smallest absolute Gasteiger partial charge is 0.317 e. The average molecular weight is 273 g/mol. The van der Waals surface area contributed by atoms with E-state index in [-0.39, 0.29) is 0 Å². The Morgan fingerprint density at radius 3 is 2.11 bits per heavy atom. The third kappa shape index (κ3) is 4.53. The molecular weight excluding hydrogens is 251 g/mol. The van der Waals surface area contributed by atoms with Gasteiger partial charge in [0.25, 0.3) is 0 Å². The maximum atomic E-state index is 13.0. The summed E-state index contributed by atoms with van der Waals surface area (Å²) in [6, 6.07) is 5.86. The van der Waals surface area contributed by atoms with Crippen molar-refractivity contribution in [2.75, 3.05) is 13.1 Å². The lowest BCUT2D eigenvalue weighted by Gasteiger charge is -2.28. The number of nitrogens with one attached hydrogen (secondary N) is 1. The Bertz CT molecular complexity index is 397. The van der Waals surface area contributed by atoms with Crippen LogP contribution in [0.5, 0.6) is 0 Å². The van der Waals surface area contributed by atoms with E-state index in [1.54, 1.807) is 12.1 Å². The highest BCUT2D eigenvalue weighted by atomic mass is 19.4. The van der Waals surface area contributed by atoms with Crippen LogP contribution >= 0.6 is 0 Å². The first-order chi connectivity index (χ1) is 8.79. The van der Waals surface area contributed by atoms with Gasteiger partial charge in [0.1, 0.15) is 0 Å². The summed E-state index contributed by atoms with van der Waals surface area (Å²) in [4.78, 5) is 0. The van der Waals surface area contributed by atoms with Crippen LogP contribution in [0.4, 0.5) is 13.2 Å². The van der Waals surface area contributed by atoms with Gasteiger partial charge in [0.2, 0.25) is 0 Å². The molecule has 0 fully saturated rings. The van der Waals surface area contributed by atoms with Gasteiger partial charge in [-0.15, -0.1) is 0 Å². The van der Waals surface area contributed by atoms with E-state index in [9.17, 15) is 13.2 Å². The molecule has 0 unspecified atom stereocenters. The first kappa shape index (κ1) is 16.0. The summed E-state index contributed by atoms with van der Waals surface area (Å²) in [6.07, 6.45) is -2.58. The molecule has 0 heterocycles. The Kier molecular flexibility index (Phi) is 5.41. The van der Waals surface area contributed by atoms with Gasteiger partial charge in [0.15, 0.2) is 0 Å². The number of alkyl halides is 3. The highest BCUT2D eigenvalue weighted by Crippen LogP contribution is 2.38. The maximum absolute atomic E-state index is 13.0. The van der Waals surface area contributed by atoms with E-state index in [2.05, 4.69) is 12.2 Å². The molecular formula is C15H22F3N. The van der Waals surface area contributed by atoms with Gasteiger partial charge in [-0.3, -0.25) is 0 Å². The quantitative estimate of drug-likeness (QED) is 0.759. The van der Waals surface area contributed by atoms with Gasteiger partial charge < -0.3 is 5.32 Å². The first-order valence-electron chi connectivity index (χ1n) is 6.66. The van der Waals surface area contributed by atoms with E-state index in [0.717, 1.165) is 25.6 Å². The molecule has 0 aliphatic carbocycles. The van der Waals surface area contributed by atoms with Crippen LogP contribution in [0.1, 0.15) is 44.7 Å². The third-order valence-electron chi connectivity index (χ3n) is 3.32. The Morgan fingerprint density at radius 2 is 1.58 bits per heavy atom. The van der Waals surface area contributed by atoms with E-state index in [4.69, 9.17) is 0 Å². The van der Waals surface area contributed by atoms with E-state index < -0.39 is 17.2 Å². The van der Waals surface area contributed by atoms with Crippen molar-refractivity contribution < 1.29 is 13.2 Å². The van der Waals surface area contributed by atoms with Crippen LogP contribution in [0, 0.1) is 0 Å². The lowest BCUT2D eigenvalue weighted by atomic mass is 9.79. The molecule has 0 spiro atoms. The van der Waals surface area contributed by atoms with E-state index in [0.29, 0.717) is 12.0 Å². The number of benzene rings is 1. The molecule has 1 aromatic carbocycles. The van der Waals surface area contributed by atoms with E-state index in [1.807, 2.05) is 13.8 Å². The van der Waals surface area contributed by atoms with Crippen molar-refractivity contribution in [2.24, 2.45) is 0 Å². The summed E-state index contributed by atoms with van der Waals surface area (Å²) in [6.45, 7) is 7.43. The van der Waals surface area contributed by atoms with Crippen molar-refractivity contribution in [3.63, 3.8) is 0 Å². The lowest BCUT2D eigenvalue weighted by molar-refractivity contribution is -0.138. The average Bonchev–Trinajstić information content (AvgIpc) is 2.34. The number of hydrogen-bond acceptors (Lipinski definition) is 1. The molecule has 108 valence electrons. The second kappa shape index (κ2) is 6.42. The van der Waals surface area contributed by atoms with Crippen molar-refractivity contribution in [1.82, 2.24) is 5.32 Å². The van der Waals surface area contributed by atoms with Crippen LogP contribution in [-0.2, 0) is 11.6 Å². The summed E-state index contributed by atoms with van der Waals surface area (Å²) >= 11 is 0. The third-order valence-corrected chi connectivity index (χ3v) is 3.32. The normalized spacial score (nSPS) is 12.7. The standard InChI is InChI=1S/C15H22F3N/c1-4-10-19-11-9-14(2,3)12-7-5-6-8-13(12)15(16,17)18/h5-8,19H,4,9-11H2,1-3H3. The summed E-state index contributed by atoms with van der Waals surface area (Å²) in [7, 11) is 0. The second-order valence-corrected chi connectivity index (χ2v) is 5.43. The van der Waals surface area contributed by atoms with Crippen molar-refractivity contribution >= 4 is 0 Å². The van der Waals surface area contributed by atoms with Gasteiger partial charge in [-0.05, 0) is 43.0 Å². The molecule has 0 bridgehead atoms. The minimum absolute atomic E-state index is 0.376. The topological polar surface area (TPSA) is 12.0 Å². The predicted molar refractivity (Wildman–Crippen MR) is 72.2 cm³/mol. The molecule has 0 aliphatic heterocycles. The summed E-state index contributed by atoms with van der Waals surface area (Å²) in [5.74, 6) is 0. The number of rotatable bonds is 6. The van der Waals surface area contributed by atoms with Crippen molar-refractivity contribution in [3.05, 3.63) is 35.4 Å². The fraction of sp³-hybridized carbons (Fsp3) is 0.600. The molecule has 0 aromatic heterocycles. The van der Waals surface area contributed by atoms with Gasteiger partial charge >= 0.3 is 6.18 Å². The molecule has 19 heavy (non-hydrogen) atoms. The molecule has 0 aliphatic rings. The van der Waals surface area contributed by atoms with Crippen LogP contribution in [0.25, 0.3) is 0 Å². The van der Waals surface area contributed by atoms with Gasteiger partial charge in [-0.2, -0.15) is 13.2 Å². The fourth-order valence-corrected chi connectivity index (χ4v) is 2.16. The Hall–Kier alpha value is -1.03. The molecule has 1 nitrogen and oxygen atoms in total. The zero-order valence-electron chi connectivity index (χ0n) is 11.8. The molecule has 1 rings (SSSR count). The van der Waals surface area contributed by atoms with Crippen LogP contribution in [0.15, 0.2) is 24.3 Å². The van der Waals surface area contributed by atoms with Crippen molar-refractivity contribution in [1.29, 1.82) is 0 Å². The Balaban J connectivity index is 2.88. The number of hydrogen-bond donors (Lipinski definition) is 1. The molecule has 0 radical (unpaired) electrons. The van der Waals surface area contributed by atoms with Crippen molar-refractivity contribution in [2.45, 2.75) is 45.2 Å². The molecule has 0 saturated heterocycles. The monoisotopic (exact) mass is 273 g/mol. The zero-order valence-corrected chi connectivity index (χ0v) is 11.8. The second-order valence-electron chi connectivity index (χ2n) is 5.43. The van der Waals surface area contributed by atoms with Gasteiger partial charge in [-0.25, -0.2) is 0 Å². The predicted octanol–water partition coefficient (Wildman–Crippen LogP) is 4.37. The van der Waals surface area contributed by atoms with Crippen LogP contribution in [0.2, 0.25) is 0 Å². The molecule has 1 N–H and O–H groups in total. The summed E-state index contributed by atoms with van der Waals surface area (Å²) in [5.41, 5.74) is -0.636.